The predicted octanol–water partition coefficient (Wildman–Crippen LogP) is 3.23. The average molecular weight is 362 g/mol. The third kappa shape index (κ3) is 4.80. The van der Waals surface area contributed by atoms with Crippen LogP contribution in [0, 0.1) is 0 Å². The lowest BCUT2D eigenvalue weighted by atomic mass is 10.0. The topological polar surface area (TPSA) is 66.4 Å². The van der Waals surface area contributed by atoms with E-state index < -0.39 is 12.2 Å². The van der Waals surface area contributed by atoms with Crippen molar-refractivity contribution in [2.45, 2.75) is 19.1 Å². The smallest absolute Gasteiger partial charge is 0.161 e. The molecule has 0 saturated carbocycles. The van der Waals surface area contributed by atoms with Crippen molar-refractivity contribution in [3.05, 3.63) is 48.0 Å². The summed E-state index contributed by atoms with van der Waals surface area (Å²) in [6.45, 7) is 2.63. The van der Waals surface area contributed by atoms with Crippen LogP contribution >= 0.6 is 0 Å². The van der Waals surface area contributed by atoms with Crippen LogP contribution < -0.4 is 18.9 Å². The quantitative estimate of drug-likeness (QED) is 0.700. The molecule has 6 nitrogen and oxygen atoms in total. The Morgan fingerprint density at radius 3 is 2.19 bits per heavy atom. The molecule has 6 heteroatoms. The van der Waals surface area contributed by atoms with Gasteiger partial charge in [0.25, 0.3) is 0 Å². The summed E-state index contributed by atoms with van der Waals surface area (Å²) >= 11 is 0. The van der Waals surface area contributed by atoms with Crippen LogP contribution in [0.1, 0.15) is 18.6 Å². The number of aliphatic hydroxyl groups excluding tert-OH is 1. The van der Waals surface area contributed by atoms with Crippen molar-refractivity contribution >= 4 is 0 Å². The normalized spacial score (nSPS) is 13.0. The minimum Gasteiger partial charge on any atom is -0.493 e. The van der Waals surface area contributed by atoms with E-state index in [1.165, 1.54) is 0 Å². The summed E-state index contributed by atoms with van der Waals surface area (Å²) in [6, 6.07) is 12.6. The molecule has 2 unspecified atom stereocenters. The molecular weight excluding hydrogens is 336 g/mol. The minimum absolute atomic E-state index is 0.203. The summed E-state index contributed by atoms with van der Waals surface area (Å²) in [7, 11) is 4.69. The van der Waals surface area contributed by atoms with E-state index in [0.29, 0.717) is 35.2 Å². The molecule has 2 aromatic rings. The zero-order valence-electron chi connectivity index (χ0n) is 15.6. The molecule has 2 aromatic carbocycles. The van der Waals surface area contributed by atoms with Gasteiger partial charge in [-0.25, -0.2) is 0 Å². The molecular formula is C20H26O6. The zero-order valence-corrected chi connectivity index (χ0v) is 15.6. The Kier molecular flexibility index (Phi) is 7.56. The molecule has 1 N–H and O–H groups in total. The predicted molar refractivity (Wildman–Crippen MR) is 98.4 cm³/mol. The summed E-state index contributed by atoms with van der Waals surface area (Å²) in [5.74, 6) is 2.30. The molecule has 0 aromatic heterocycles. The Hall–Kier alpha value is -2.44. The van der Waals surface area contributed by atoms with E-state index in [1.807, 2.05) is 19.1 Å². The standard InChI is InChI=1S/C20H26O6/c1-5-25-16-11-10-14(12-18(16)24-4)20(21)19(13-22-2)26-17-9-7-6-8-15(17)23-3/h6-12,19-21H,5,13H2,1-4H3. The molecule has 0 radical (unpaired) electrons. The first-order valence-corrected chi connectivity index (χ1v) is 8.42. The van der Waals surface area contributed by atoms with E-state index in [1.54, 1.807) is 51.7 Å². The van der Waals surface area contributed by atoms with Gasteiger partial charge in [-0.05, 0) is 36.8 Å². The second-order valence-corrected chi connectivity index (χ2v) is 5.55. The third-order valence-electron chi connectivity index (χ3n) is 3.86. The summed E-state index contributed by atoms with van der Waals surface area (Å²) < 4.78 is 27.4. The Labute approximate surface area is 154 Å². The highest BCUT2D eigenvalue weighted by atomic mass is 16.6. The van der Waals surface area contributed by atoms with Gasteiger partial charge in [-0.2, -0.15) is 0 Å². The summed E-state index contributed by atoms with van der Waals surface area (Å²) in [5, 5.41) is 10.8. The van der Waals surface area contributed by atoms with Crippen molar-refractivity contribution in [1.29, 1.82) is 0 Å². The first-order valence-electron chi connectivity index (χ1n) is 8.42. The maximum Gasteiger partial charge on any atom is 0.161 e. The number of hydrogen-bond acceptors (Lipinski definition) is 6. The average Bonchev–Trinajstić information content (AvgIpc) is 2.68. The largest absolute Gasteiger partial charge is 0.493 e. The highest BCUT2D eigenvalue weighted by Gasteiger charge is 2.25. The number of benzene rings is 2. The van der Waals surface area contributed by atoms with Gasteiger partial charge < -0.3 is 28.8 Å². The molecule has 0 aliphatic carbocycles. The Morgan fingerprint density at radius 1 is 0.885 bits per heavy atom. The fourth-order valence-electron chi connectivity index (χ4n) is 2.59. The van der Waals surface area contributed by atoms with Gasteiger partial charge in [0.1, 0.15) is 6.10 Å². The van der Waals surface area contributed by atoms with Crippen molar-refractivity contribution in [3.8, 4) is 23.0 Å². The molecule has 0 bridgehead atoms. The van der Waals surface area contributed by atoms with E-state index in [4.69, 9.17) is 23.7 Å². The van der Waals surface area contributed by atoms with Crippen LogP contribution in [-0.2, 0) is 4.74 Å². The van der Waals surface area contributed by atoms with Crippen molar-refractivity contribution < 1.29 is 28.8 Å². The number of aliphatic hydroxyl groups is 1. The molecule has 0 aliphatic heterocycles. The molecule has 0 spiro atoms. The second-order valence-electron chi connectivity index (χ2n) is 5.55. The highest BCUT2D eigenvalue weighted by Crippen LogP contribution is 2.34. The third-order valence-corrected chi connectivity index (χ3v) is 3.86. The molecule has 0 heterocycles. The Balaban J connectivity index is 2.26. The molecule has 0 aliphatic rings. The fraction of sp³-hybridized carbons (Fsp3) is 0.400. The molecule has 26 heavy (non-hydrogen) atoms. The van der Waals surface area contributed by atoms with E-state index in [2.05, 4.69) is 0 Å². The maximum atomic E-state index is 10.8. The minimum atomic E-state index is -0.926. The second kappa shape index (κ2) is 9.89. The highest BCUT2D eigenvalue weighted by molar-refractivity contribution is 5.44. The van der Waals surface area contributed by atoms with Gasteiger partial charge in [-0.3, -0.25) is 0 Å². The van der Waals surface area contributed by atoms with Gasteiger partial charge in [0, 0.05) is 7.11 Å². The van der Waals surface area contributed by atoms with Crippen LogP contribution in [0.4, 0.5) is 0 Å². The molecule has 2 atom stereocenters. The van der Waals surface area contributed by atoms with Crippen molar-refractivity contribution in [2.75, 3.05) is 34.5 Å². The van der Waals surface area contributed by atoms with Crippen LogP contribution in [0.25, 0.3) is 0 Å². The summed E-state index contributed by atoms with van der Waals surface area (Å²) in [5.41, 5.74) is 0.641. The number of methoxy groups -OCH3 is 3. The first-order chi connectivity index (χ1) is 12.6. The van der Waals surface area contributed by atoms with E-state index in [-0.39, 0.29) is 6.61 Å². The van der Waals surface area contributed by atoms with Gasteiger partial charge in [-0.1, -0.05) is 18.2 Å². The van der Waals surface area contributed by atoms with Crippen LogP contribution in [0.2, 0.25) is 0 Å². The van der Waals surface area contributed by atoms with Gasteiger partial charge in [-0.15, -0.1) is 0 Å². The molecule has 2 rings (SSSR count). The number of hydrogen-bond donors (Lipinski definition) is 1. The Bertz CT molecular complexity index is 688. The molecule has 0 fully saturated rings. The SMILES string of the molecule is CCOc1ccc(C(O)C(COC)Oc2ccccc2OC)cc1OC. The zero-order chi connectivity index (χ0) is 18.9. The molecule has 0 saturated heterocycles. The first kappa shape index (κ1) is 19.9. The van der Waals surface area contributed by atoms with Crippen molar-refractivity contribution in [2.24, 2.45) is 0 Å². The lowest BCUT2D eigenvalue weighted by Crippen LogP contribution is -2.30. The fourth-order valence-corrected chi connectivity index (χ4v) is 2.59. The maximum absolute atomic E-state index is 10.8. The molecule has 142 valence electrons. The van der Waals surface area contributed by atoms with Crippen LogP contribution in [0.3, 0.4) is 0 Å². The number of rotatable bonds is 10. The van der Waals surface area contributed by atoms with Gasteiger partial charge in [0.2, 0.25) is 0 Å². The van der Waals surface area contributed by atoms with E-state index in [0.717, 1.165) is 0 Å². The van der Waals surface area contributed by atoms with E-state index >= 15 is 0 Å². The number of ether oxygens (including phenoxy) is 5. The van der Waals surface area contributed by atoms with Crippen molar-refractivity contribution in [3.63, 3.8) is 0 Å². The van der Waals surface area contributed by atoms with Crippen LogP contribution in [0.15, 0.2) is 42.5 Å². The van der Waals surface area contributed by atoms with Gasteiger partial charge in [0.05, 0.1) is 27.4 Å². The van der Waals surface area contributed by atoms with Gasteiger partial charge >= 0.3 is 0 Å². The summed E-state index contributed by atoms with van der Waals surface area (Å²) in [6.07, 6.45) is -1.55. The van der Waals surface area contributed by atoms with Crippen LogP contribution in [0.5, 0.6) is 23.0 Å². The number of para-hydroxylation sites is 2. The van der Waals surface area contributed by atoms with Crippen LogP contribution in [-0.4, -0.2) is 45.8 Å². The van der Waals surface area contributed by atoms with Crippen molar-refractivity contribution in [1.82, 2.24) is 0 Å². The van der Waals surface area contributed by atoms with E-state index in [9.17, 15) is 5.11 Å². The molecule has 0 amide bonds. The Morgan fingerprint density at radius 2 is 1.58 bits per heavy atom. The lowest BCUT2D eigenvalue weighted by Gasteiger charge is -2.25. The summed E-state index contributed by atoms with van der Waals surface area (Å²) in [4.78, 5) is 0. The monoisotopic (exact) mass is 362 g/mol. The lowest BCUT2D eigenvalue weighted by molar-refractivity contribution is -0.0133. The van der Waals surface area contributed by atoms with Gasteiger partial charge in [0.15, 0.2) is 29.1 Å².